The maximum Gasteiger partial charge on any atom is 0.327 e. The molecule has 2 aromatic carbocycles. The number of carbonyl (C=O) groups is 1. The lowest BCUT2D eigenvalue weighted by molar-refractivity contribution is -0.137. The molecule has 0 radical (unpaired) electrons. The summed E-state index contributed by atoms with van der Waals surface area (Å²) in [6.45, 7) is 1.26. The van der Waals surface area contributed by atoms with Crippen LogP contribution in [-0.2, 0) is 14.8 Å². The van der Waals surface area contributed by atoms with Gasteiger partial charge in [0.05, 0.1) is 10.6 Å². The van der Waals surface area contributed by atoms with Crippen LogP contribution in [0.4, 0.5) is 10.1 Å². The van der Waals surface area contributed by atoms with Gasteiger partial charge in [0.1, 0.15) is 11.9 Å². The van der Waals surface area contributed by atoms with Crippen molar-refractivity contribution >= 4 is 21.7 Å². The third kappa shape index (κ3) is 3.09. The van der Waals surface area contributed by atoms with E-state index in [0.717, 1.165) is 16.4 Å². The van der Waals surface area contributed by atoms with Gasteiger partial charge in [-0.05, 0) is 43.3 Å². The first-order valence-electron chi connectivity index (χ1n) is 6.42. The van der Waals surface area contributed by atoms with Crippen LogP contribution in [0.25, 0.3) is 0 Å². The normalized spacial score (nSPS) is 12.6. The molecule has 1 atom stereocenters. The van der Waals surface area contributed by atoms with Crippen molar-refractivity contribution in [2.45, 2.75) is 17.9 Å². The Balaban J connectivity index is 2.59. The maximum absolute atomic E-state index is 13.0. The van der Waals surface area contributed by atoms with E-state index in [0.29, 0.717) is 0 Å². The summed E-state index contributed by atoms with van der Waals surface area (Å²) in [6, 6.07) is 10.8. The predicted octanol–water partition coefficient (Wildman–Crippen LogP) is 2.49. The van der Waals surface area contributed by atoms with Gasteiger partial charge in [-0.3, -0.25) is 4.31 Å². The van der Waals surface area contributed by atoms with Crippen LogP contribution in [0, 0.1) is 5.82 Å². The van der Waals surface area contributed by atoms with Gasteiger partial charge in [-0.15, -0.1) is 0 Å². The Labute approximate surface area is 127 Å². The van der Waals surface area contributed by atoms with Crippen molar-refractivity contribution < 1.29 is 22.7 Å². The molecule has 0 heterocycles. The first-order chi connectivity index (χ1) is 10.3. The Morgan fingerprint density at radius 1 is 1.09 bits per heavy atom. The monoisotopic (exact) mass is 323 g/mol. The van der Waals surface area contributed by atoms with E-state index in [9.17, 15) is 22.7 Å². The molecule has 116 valence electrons. The van der Waals surface area contributed by atoms with Gasteiger partial charge in [-0.1, -0.05) is 18.2 Å². The van der Waals surface area contributed by atoms with E-state index in [-0.39, 0.29) is 10.6 Å². The number of rotatable bonds is 5. The van der Waals surface area contributed by atoms with Crippen molar-refractivity contribution in [3.05, 3.63) is 60.4 Å². The highest BCUT2D eigenvalue weighted by molar-refractivity contribution is 7.92. The van der Waals surface area contributed by atoms with Gasteiger partial charge in [-0.25, -0.2) is 17.6 Å². The first kappa shape index (κ1) is 16.0. The van der Waals surface area contributed by atoms with Gasteiger partial charge in [0.25, 0.3) is 10.0 Å². The second-order valence-corrected chi connectivity index (χ2v) is 6.42. The molecule has 0 aliphatic heterocycles. The highest BCUT2D eigenvalue weighted by Gasteiger charge is 2.33. The number of benzene rings is 2. The quantitative estimate of drug-likeness (QED) is 0.917. The van der Waals surface area contributed by atoms with E-state index < -0.39 is 27.9 Å². The number of anilines is 1. The van der Waals surface area contributed by atoms with Gasteiger partial charge >= 0.3 is 5.97 Å². The van der Waals surface area contributed by atoms with E-state index >= 15 is 0 Å². The molecule has 0 aliphatic rings. The summed E-state index contributed by atoms with van der Waals surface area (Å²) in [6.07, 6.45) is 0. The lowest BCUT2D eigenvalue weighted by Gasteiger charge is -2.28. The average Bonchev–Trinajstić information content (AvgIpc) is 2.50. The largest absolute Gasteiger partial charge is 0.480 e. The Morgan fingerprint density at radius 3 is 2.14 bits per heavy atom. The molecule has 0 aromatic heterocycles. The molecule has 5 nitrogen and oxygen atoms in total. The minimum Gasteiger partial charge on any atom is -0.480 e. The fourth-order valence-electron chi connectivity index (χ4n) is 1.96. The molecule has 0 spiro atoms. The van der Waals surface area contributed by atoms with Crippen LogP contribution in [0.3, 0.4) is 0 Å². The molecule has 0 saturated carbocycles. The smallest absolute Gasteiger partial charge is 0.327 e. The molecule has 0 unspecified atom stereocenters. The molecule has 1 N–H and O–H groups in total. The minimum absolute atomic E-state index is 0.0348. The van der Waals surface area contributed by atoms with E-state index in [1.165, 1.54) is 31.2 Å². The molecule has 0 saturated heterocycles. The van der Waals surface area contributed by atoms with Gasteiger partial charge < -0.3 is 5.11 Å². The summed E-state index contributed by atoms with van der Waals surface area (Å²) in [4.78, 5) is 11.2. The summed E-state index contributed by atoms with van der Waals surface area (Å²) in [5.41, 5.74) is 0.0835. The van der Waals surface area contributed by atoms with Crippen LogP contribution in [0.1, 0.15) is 6.92 Å². The van der Waals surface area contributed by atoms with Crippen LogP contribution in [0.2, 0.25) is 0 Å². The average molecular weight is 323 g/mol. The van der Waals surface area contributed by atoms with Crippen LogP contribution < -0.4 is 4.31 Å². The van der Waals surface area contributed by atoms with Crippen molar-refractivity contribution in [2.24, 2.45) is 0 Å². The summed E-state index contributed by atoms with van der Waals surface area (Å²) < 4.78 is 39.3. The van der Waals surface area contributed by atoms with Crippen LogP contribution in [0.15, 0.2) is 59.5 Å². The number of aliphatic carboxylic acids is 1. The van der Waals surface area contributed by atoms with Crippen molar-refractivity contribution in [1.82, 2.24) is 0 Å². The number of sulfonamides is 1. The number of hydrogen-bond donors (Lipinski definition) is 1. The Kier molecular flexibility index (Phi) is 4.46. The van der Waals surface area contributed by atoms with Gasteiger partial charge in [0.15, 0.2) is 0 Å². The Morgan fingerprint density at radius 2 is 1.64 bits per heavy atom. The number of carboxylic acids is 1. The van der Waals surface area contributed by atoms with Gasteiger partial charge in [0, 0.05) is 0 Å². The Hall–Kier alpha value is -2.41. The molecule has 2 rings (SSSR count). The van der Waals surface area contributed by atoms with Crippen molar-refractivity contribution in [2.75, 3.05) is 4.31 Å². The molecular weight excluding hydrogens is 309 g/mol. The highest BCUT2D eigenvalue weighted by atomic mass is 32.2. The fourth-order valence-corrected chi connectivity index (χ4v) is 3.60. The van der Waals surface area contributed by atoms with E-state index in [1.807, 2.05) is 0 Å². The molecule has 0 bridgehead atoms. The maximum atomic E-state index is 13.0. The number of carboxylic acid groups (broad SMARTS) is 1. The molecular formula is C15H14FNO4S. The number of hydrogen-bond acceptors (Lipinski definition) is 3. The van der Waals surface area contributed by atoms with Crippen LogP contribution in [-0.4, -0.2) is 25.5 Å². The molecule has 0 aliphatic carbocycles. The SMILES string of the molecule is C[C@@H](C(=O)O)N(c1ccc(F)cc1)S(=O)(=O)c1ccccc1. The predicted molar refractivity (Wildman–Crippen MR) is 79.6 cm³/mol. The van der Waals surface area contributed by atoms with Crippen molar-refractivity contribution in [1.29, 1.82) is 0 Å². The zero-order valence-corrected chi connectivity index (χ0v) is 12.5. The number of nitrogens with zero attached hydrogens (tertiary/aromatic N) is 1. The molecule has 7 heteroatoms. The lowest BCUT2D eigenvalue weighted by Crippen LogP contribution is -2.43. The third-order valence-corrected chi connectivity index (χ3v) is 5.00. The second-order valence-electron chi connectivity index (χ2n) is 4.60. The van der Waals surface area contributed by atoms with Gasteiger partial charge in [0.2, 0.25) is 0 Å². The van der Waals surface area contributed by atoms with E-state index in [2.05, 4.69) is 0 Å². The summed E-state index contributed by atoms with van der Waals surface area (Å²) in [7, 11) is -4.08. The van der Waals surface area contributed by atoms with Crippen molar-refractivity contribution in [3.8, 4) is 0 Å². The molecule has 22 heavy (non-hydrogen) atoms. The lowest BCUT2D eigenvalue weighted by atomic mass is 10.2. The molecule has 0 fully saturated rings. The molecule has 2 aromatic rings. The molecule has 0 amide bonds. The van der Waals surface area contributed by atoms with E-state index in [4.69, 9.17) is 0 Å². The van der Waals surface area contributed by atoms with Crippen LogP contribution in [0.5, 0.6) is 0 Å². The Bertz CT molecular complexity index is 760. The third-order valence-electron chi connectivity index (χ3n) is 3.09. The summed E-state index contributed by atoms with van der Waals surface area (Å²) in [5.74, 6) is -1.84. The fraction of sp³-hybridized carbons (Fsp3) is 0.133. The second kappa shape index (κ2) is 6.15. The van der Waals surface area contributed by atoms with Crippen molar-refractivity contribution in [3.63, 3.8) is 0 Å². The summed E-state index contributed by atoms with van der Waals surface area (Å²) in [5, 5.41) is 9.20. The highest BCUT2D eigenvalue weighted by Crippen LogP contribution is 2.26. The van der Waals surface area contributed by atoms with Crippen LogP contribution >= 0.6 is 0 Å². The number of halogens is 1. The summed E-state index contributed by atoms with van der Waals surface area (Å²) >= 11 is 0. The minimum atomic E-state index is -4.08. The standard InChI is InChI=1S/C15H14FNO4S/c1-11(15(18)19)17(13-9-7-12(16)8-10-13)22(20,21)14-5-3-2-4-6-14/h2-11H,1H3,(H,18,19)/t11-/m0/s1. The topological polar surface area (TPSA) is 74.7 Å². The zero-order chi connectivity index (χ0) is 16.3. The zero-order valence-electron chi connectivity index (χ0n) is 11.7. The van der Waals surface area contributed by atoms with E-state index in [1.54, 1.807) is 18.2 Å². The van der Waals surface area contributed by atoms with Gasteiger partial charge in [-0.2, -0.15) is 0 Å². The first-order valence-corrected chi connectivity index (χ1v) is 7.86.